The molecule has 1 aromatic rings. The number of hydrogen-bond donors (Lipinski definition) is 0. The number of rotatable bonds is 3. The minimum atomic E-state index is -0.941. The van der Waals surface area contributed by atoms with E-state index in [0.717, 1.165) is 19.3 Å². The lowest BCUT2D eigenvalue weighted by molar-refractivity contribution is -0.146. The van der Waals surface area contributed by atoms with Gasteiger partial charge in [0.25, 0.3) is 5.91 Å². The van der Waals surface area contributed by atoms with E-state index in [4.69, 9.17) is 4.74 Å². The number of esters is 1. The van der Waals surface area contributed by atoms with Gasteiger partial charge in [-0.05, 0) is 58.2 Å². The lowest BCUT2D eigenvalue weighted by Crippen LogP contribution is -2.51. The van der Waals surface area contributed by atoms with Crippen molar-refractivity contribution in [1.82, 2.24) is 4.90 Å². The van der Waals surface area contributed by atoms with Gasteiger partial charge in [-0.1, -0.05) is 15.9 Å². The van der Waals surface area contributed by atoms with Crippen molar-refractivity contribution < 1.29 is 18.7 Å². The highest BCUT2D eigenvalue weighted by Gasteiger charge is 2.33. The highest BCUT2D eigenvalue weighted by atomic mass is 79.9. The first-order valence-corrected chi connectivity index (χ1v) is 8.58. The summed E-state index contributed by atoms with van der Waals surface area (Å²) < 4.78 is 19.5. The van der Waals surface area contributed by atoms with Crippen LogP contribution in [-0.4, -0.2) is 35.0 Å². The van der Waals surface area contributed by atoms with Crippen LogP contribution in [0.15, 0.2) is 22.7 Å². The molecule has 1 aliphatic rings. The lowest BCUT2D eigenvalue weighted by atomic mass is 9.97. The molecule has 0 aliphatic carbocycles. The molecular formula is C17H21BrFNO3. The fraction of sp³-hybridized carbons (Fsp3) is 0.529. The van der Waals surface area contributed by atoms with Crippen LogP contribution in [0.2, 0.25) is 0 Å². The predicted octanol–water partition coefficient (Wildman–Crippen LogP) is 3.92. The topological polar surface area (TPSA) is 46.6 Å². The van der Waals surface area contributed by atoms with Gasteiger partial charge in [0.15, 0.2) is 6.10 Å². The summed E-state index contributed by atoms with van der Waals surface area (Å²) in [5, 5.41) is 0. The smallest absolute Gasteiger partial charge is 0.341 e. The summed E-state index contributed by atoms with van der Waals surface area (Å²) in [5.74, 6) is -1.73. The third kappa shape index (κ3) is 4.10. The van der Waals surface area contributed by atoms with Crippen molar-refractivity contribution in [3.63, 3.8) is 0 Å². The van der Waals surface area contributed by atoms with Gasteiger partial charge < -0.3 is 9.64 Å². The van der Waals surface area contributed by atoms with E-state index in [-0.39, 0.29) is 23.6 Å². The summed E-state index contributed by atoms with van der Waals surface area (Å²) >= 11 is 3.19. The van der Waals surface area contributed by atoms with Crippen molar-refractivity contribution in [3.8, 4) is 0 Å². The second-order valence-corrected chi connectivity index (χ2v) is 6.96. The van der Waals surface area contributed by atoms with Gasteiger partial charge in [0.1, 0.15) is 5.82 Å². The second kappa shape index (κ2) is 7.43. The van der Waals surface area contributed by atoms with E-state index >= 15 is 0 Å². The number of likely N-dealkylation sites (tertiary alicyclic amines) is 1. The highest BCUT2D eigenvalue weighted by molar-refractivity contribution is 9.10. The van der Waals surface area contributed by atoms with Crippen LogP contribution in [0.4, 0.5) is 4.39 Å². The van der Waals surface area contributed by atoms with Crippen LogP contribution in [-0.2, 0) is 9.53 Å². The molecule has 1 heterocycles. The number of piperidine rings is 1. The number of ether oxygens (including phenoxy) is 1. The quantitative estimate of drug-likeness (QED) is 0.740. The summed E-state index contributed by atoms with van der Waals surface area (Å²) in [6, 6.07) is 4.27. The molecule has 23 heavy (non-hydrogen) atoms. The van der Waals surface area contributed by atoms with E-state index in [1.165, 1.54) is 25.1 Å². The van der Waals surface area contributed by atoms with Crippen LogP contribution in [0.3, 0.4) is 0 Å². The third-order valence-electron chi connectivity index (χ3n) is 4.23. The summed E-state index contributed by atoms with van der Waals surface area (Å²) in [6.45, 7) is 5.52. The molecule has 1 aliphatic heterocycles. The number of carbonyl (C=O) groups is 2. The Kier molecular flexibility index (Phi) is 5.79. The molecule has 4 nitrogen and oxygen atoms in total. The molecule has 0 radical (unpaired) electrons. The number of hydrogen-bond acceptors (Lipinski definition) is 3. The molecule has 0 aromatic heterocycles. The molecule has 0 bridgehead atoms. The van der Waals surface area contributed by atoms with Gasteiger partial charge >= 0.3 is 5.97 Å². The van der Waals surface area contributed by atoms with E-state index < -0.39 is 17.9 Å². The third-order valence-corrected chi connectivity index (χ3v) is 4.72. The van der Waals surface area contributed by atoms with Gasteiger partial charge in [-0.25, -0.2) is 9.18 Å². The first kappa shape index (κ1) is 17.9. The predicted molar refractivity (Wildman–Crippen MR) is 88.6 cm³/mol. The van der Waals surface area contributed by atoms with Gasteiger partial charge in [-0.15, -0.1) is 0 Å². The number of carbonyl (C=O) groups excluding carboxylic acids is 2. The van der Waals surface area contributed by atoms with E-state index in [1.807, 2.05) is 13.8 Å². The second-order valence-electron chi connectivity index (χ2n) is 6.05. The first-order chi connectivity index (χ1) is 10.8. The molecule has 0 saturated carbocycles. The van der Waals surface area contributed by atoms with Crippen LogP contribution in [0.1, 0.15) is 50.4 Å². The van der Waals surface area contributed by atoms with Crippen LogP contribution < -0.4 is 0 Å². The Morgan fingerprint density at radius 1 is 1.30 bits per heavy atom. The van der Waals surface area contributed by atoms with Gasteiger partial charge in [-0.3, -0.25) is 4.79 Å². The number of amides is 1. The molecule has 0 unspecified atom stereocenters. The molecule has 0 spiro atoms. The number of halogens is 2. The van der Waals surface area contributed by atoms with Gasteiger partial charge in [0.05, 0.1) is 5.56 Å². The highest BCUT2D eigenvalue weighted by Crippen LogP contribution is 2.24. The Balaban J connectivity index is 2.08. The zero-order valence-electron chi connectivity index (χ0n) is 13.5. The normalized spacial score (nSPS) is 22.6. The fourth-order valence-corrected chi connectivity index (χ4v) is 3.36. The molecule has 1 aromatic carbocycles. The maximum absolute atomic E-state index is 13.7. The Hall–Kier alpha value is -1.43. The lowest BCUT2D eigenvalue weighted by Gasteiger charge is -2.40. The van der Waals surface area contributed by atoms with E-state index in [0.29, 0.717) is 4.47 Å². The molecule has 6 heteroatoms. The van der Waals surface area contributed by atoms with Crippen molar-refractivity contribution in [2.45, 2.75) is 58.2 Å². The Morgan fingerprint density at radius 2 is 1.91 bits per heavy atom. The van der Waals surface area contributed by atoms with Crippen molar-refractivity contribution in [2.75, 3.05) is 0 Å². The average Bonchev–Trinajstić information content (AvgIpc) is 2.49. The maximum atomic E-state index is 13.7. The summed E-state index contributed by atoms with van der Waals surface area (Å²) in [4.78, 5) is 26.5. The largest absolute Gasteiger partial charge is 0.449 e. The van der Waals surface area contributed by atoms with Gasteiger partial charge in [0, 0.05) is 16.6 Å². The molecule has 3 atom stereocenters. The number of nitrogens with zero attached hydrogens (tertiary/aromatic N) is 1. The molecule has 0 N–H and O–H groups in total. The molecule has 1 saturated heterocycles. The molecule has 2 rings (SSSR count). The summed E-state index contributed by atoms with van der Waals surface area (Å²) in [7, 11) is 0. The van der Waals surface area contributed by atoms with Crippen molar-refractivity contribution in [2.24, 2.45) is 0 Å². The number of benzene rings is 1. The SMILES string of the molecule is C[C@H](OC(=O)c1cc(Br)ccc1F)C(=O)N1[C@H](C)CCC[C@H]1C. The molecule has 126 valence electrons. The fourth-order valence-electron chi connectivity index (χ4n) is 2.99. The van der Waals surface area contributed by atoms with Gasteiger partial charge in [0.2, 0.25) is 0 Å². The standard InChI is InChI=1S/C17H21BrFNO3/c1-10-5-4-6-11(2)20(10)16(21)12(3)23-17(22)14-9-13(18)7-8-15(14)19/h7-12H,4-6H2,1-3H3/t10-,11-,12+/m1/s1. The monoisotopic (exact) mass is 385 g/mol. The van der Waals surface area contributed by atoms with E-state index in [1.54, 1.807) is 4.90 Å². The minimum absolute atomic E-state index is 0.120. The van der Waals surface area contributed by atoms with Crippen LogP contribution in [0.25, 0.3) is 0 Å². The minimum Gasteiger partial charge on any atom is -0.449 e. The zero-order valence-corrected chi connectivity index (χ0v) is 15.1. The Morgan fingerprint density at radius 3 is 2.52 bits per heavy atom. The molecule has 1 amide bonds. The van der Waals surface area contributed by atoms with Crippen LogP contribution in [0, 0.1) is 5.82 Å². The van der Waals surface area contributed by atoms with Crippen LogP contribution >= 0.6 is 15.9 Å². The molecular weight excluding hydrogens is 365 g/mol. The first-order valence-electron chi connectivity index (χ1n) is 7.79. The summed E-state index contributed by atoms with van der Waals surface area (Å²) in [5.41, 5.74) is -0.182. The van der Waals surface area contributed by atoms with E-state index in [2.05, 4.69) is 15.9 Å². The summed E-state index contributed by atoms with van der Waals surface area (Å²) in [6.07, 6.45) is 2.03. The van der Waals surface area contributed by atoms with Crippen molar-refractivity contribution in [1.29, 1.82) is 0 Å². The molecule has 1 fully saturated rings. The zero-order chi connectivity index (χ0) is 17.1. The maximum Gasteiger partial charge on any atom is 0.341 e. The Bertz CT molecular complexity index is 598. The van der Waals surface area contributed by atoms with Crippen molar-refractivity contribution in [3.05, 3.63) is 34.1 Å². The Labute approximate surface area is 144 Å². The van der Waals surface area contributed by atoms with E-state index in [9.17, 15) is 14.0 Å². The van der Waals surface area contributed by atoms with Crippen molar-refractivity contribution >= 4 is 27.8 Å². The van der Waals surface area contributed by atoms with Crippen LogP contribution in [0.5, 0.6) is 0 Å². The average molecular weight is 386 g/mol. The van der Waals surface area contributed by atoms with Gasteiger partial charge in [-0.2, -0.15) is 0 Å².